The molecular formula is C22H27N3O4S. The van der Waals surface area contributed by atoms with Gasteiger partial charge >= 0.3 is 0 Å². The lowest BCUT2D eigenvalue weighted by Crippen LogP contribution is -2.50. The maximum atomic E-state index is 13.0. The normalized spacial score (nSPS) is 20.5. The van der Waals surface area contributed by atoms with Crippen LogP contribution in [0, 0.1) is 0 Å². The molecule has 2 aliphatic rings. The van der Waals surface area contributed by atoms with E-state index in [-0.39, 0.29) is 23.3 Å². The third kappa shape index (κ3) is 4.49. The zero-order valence-corrected chi connectivity index (χ0v) is 17.7. The fraction of sp³-hybridized carbons (Fsp3) is 0.455. The van der Waals surface area contributed by atoms with Crippen LogP contribution in [-0.4, -0.2) is 62.3 Å². The van der Waals surface area contributed by atoms with Gasteiger partial charge in [0.1, 0.15) is 6.04 Å². The van der Waals surface area contributed by atoms with Crippen molar-refractivity contribution in [1.82, 2.24) is 14.5 Å². The van der Waals surface area contributed by atoms with Crippen molar-refractivity contribution in [2.45, 2.75) is 43.0 Å². The monoisotopic (exact) mass is 429 g/mol. The molecule has 2 saturated heterocycles. The van der Waals surface area contributed by atoms with E-state index in [0.717, 1.165) is 49.5 Å². The fourth-order valence-corrected chi connectivity index (χ4v) is 5.45. The summed E-state index contributed by atoms with van der Waals surface area (Å²) in [6.45, 7) is 1.97. The number of nitrogens with one attached hydrogen (secondary N) is 1. The van der Waals surface area contributed by atoms with Crippen LogP contribution in [0.25, 0.3) is 10.8 Å². The quantitative estimate of drug-likeness (QED) is 0.789. The number of sulfonamides is 1. The van der Waals surface area contributed by atoms with Crippen LogP contribution in [-0.2, 0) is 19.6 Å². The molecule has 4 rings (SSSR count). The first-order valence-electron chi connectivity index (χ1n) is 10.5. The molecule has 1 unspecified atom stereocenters. The molecular weight excluding hydrogens is 402 g/mol. The number of rotatable bonds is 5. The molecule has 2 amide bonds. The number of fused-ring (bicyclic) bond motifs is 1. The van der Waals surface area contributed by atoms with Crippen LogP contribution in [0.4, 0.5) is 0 Å². The molecule has 0 bridgehead atoms. The van der Waals surface area contributed by atoms with Gasteiger partial charge in [-0.15, -0.1) is 0 Å². The number of carbonyl (C=O) groups is 2. The molecule has 0 saturated carbocycles. The highest BCUT2D eigenvalue weighted by molar-refractivity contribution is 7.89. The minimum Gasteiger partial charge on any atom is -0.341 e. The van der Waals surface area contributed by atoms with E-state index < -0.39 is 16.1 Å². The first kappa shape index (κ1) is 20.8. The molecule has 7 nitrogen and oxygen atoms in total. The van der Waals surface area contributed by atoms with Crippen molar-refractivity contribution in [1.29, 1.82) is 0 Å². The third-order valence-corrected chi connectivity index (χ3v) is 7.36. The molecule has 2 fully saturated rings. The van der Waals surface area contributed by atoms with Gasteiger partial charge in [-0.25, -0.2) is 8.42 Å². The standard InChI is InChI=1S/C22H27N3O4S/c26-21(24-12-5-6-13-24)16-25-14-4-3-9-20(22(25)27)23-30(28,29)19-11-10-17-7-1-2-8-18(17)15-19/h1-2,7-8,10-11,15,20,23H,3-6,9,12-14,16H2. The number of nitrogens with zero attached hydrogens (tertiary/aromatic N) is 2. The van der Waals surface area contributed by atoms with Crippen LogP contribution in [0.2, 0.25) is 0 Å². The number of amides is 2. The minimum atomic E-state index is -3.86. The number of likely N-dealkylation sites (tertiary alicyclic amines) is 2. The Balaban J connectivity index is 1.49. The van der Waals surface area contributed by atoms with Crippen LogP contribution in [0.5, 0.6) is 0 Å². The minimum absolute atomic E-state index is 0.0209. The average Bonchev–Trinajstić information content (AvgIpc) is 3.23. The van der Waals surface area contributed by atoms with E-state index >= 15 is 0 Å². The lowest BCUT2D eigenvalue weighted by Gasteiger charge is -2.26. The second kappa shape index (κ2) is 8.73. The molecule has 2 aromatic carbocycles. The van der Waals surface area contributed by atoms with E-state index in [2.05, 4.69) is 4.72 Å². The third-order valence-electron chi connectivity index (χ3n) is 5.89. The Morgan fingerprint density at radius 2 is 1.67 bits per heavy atom. The highest BCUT2D eigenvalue weighted by Gasteiger charge is 2.33. The van der Waals surface area contributed by atoms with E-state index in [1.54, 1.807) is 23.1 Å². The van der Waals surface area contributed by atoms with E-state index in [0.29, 0.717) is 13.0 Å². The van der Waals surface area contributed by atoms with Gasteiger partial charge in [-0.2, -0.15) is 4.72 Å². The lowest BCUT2D eigenvalue weighted by atomic mass is 10.1. The van der Waals surface area contributed by atoms with Crippen molar-refractivity contribution < 1.29 is 18.0 Å². The van der Waals surface area contributed by atoms with Crippen molar-refractivity contribution in [3.05, 3.63) is 42.5 Å². The zero-order chi connectivity index (χ0) is 21.1. The van der Waals surface area contributed by atoms with Gasteiger partial charge in [0.25, 0.3) is 0 Å². The number of carbonyl (C=O) groups excluding carboxylic acids is 2. The Hall–Kier alpha value is -2.45. The molecule has 0 radical (unpaired) electrons. The van der Waals surface area contributed by atoms with Gasteiger partial charge in [-0.3, -0.25) is 9.59 Å². The van der Waals surface area contributed by atoms with Gasteiger partial charge < -0.3 is 9.80 Å². The summed E-state index contributed by atoms with van der Waals surface area (Å²) in [7, 11) is -3.86. The Morgan fingerprint density at radius 1 is 0.967 bits per heavy atom. The topological polar surface area (TPSA) is 86.8 Å². The maximum Gasteiger partial charge on any atom is 0.242 e. The molecule has 0 spiro atoms. The van der Waals surface area contributed by atoms with Crippen LogP contribution in [0.3, 0.4) is 0 Å². The second-order valence-electron chi connectivity index (χ2n) is 8.03. The molecule has 2 aliphatic heterocycles. The maximum absolute atomic E-state index is 13.0. The molecule has 1 N–H and O–H groups in total. The summed E-state index contributed by atoms with van der Waals surface area (Å²) in [5.41, 5.74) is 0. The van der Waals surface area contributed by atoms with Crippen molar-refractivity contribution in [3.8, 4) is 0 Å². The molecule has 30 heavy (non-hydrogen) atoms. The van der Waals surface area contributed by atoms with Crippen LogP contribution >= 0.6 is 0 Å². The van der Waals surface area contributed by atoms with Crippen molar-refractivity contribution in [2.24, 2.45) is 0 Å². The highest BCUT2D eigenvalue weighted by atomic mass is 32.2. The summed E-state index contributed by atoms with van der Waals surface area (Å²) in [5, 5.41) is 1.78. The SMILES string of the molecule is O=C(CN1CCCCC(NS(=O)(=O)c2ccc3ccccc3c2)C1=O)N1CCCC1. The molecule has 160 valence electrons. The first-order chi connectivity index (χ1) is 14.4. The van der Waals surface area contributed by atoms with Crippen LogP contribution < -0.4 is 4.72 Å². The molecule has 8 heteroatoms. The predicted molar refractivity (Wildman–Crippen MR) is 114 cm³/mol. The van der Waals surface area contributed by atoms with Gasteiger partial charge in [0.2, 0.25) is 21.8 Å². The molecule has 0 aromatic heterocycles. The summed E-state index contributed by atoms with van der Waals surface area (Å²) < 4.78 is 28.6. The largest absolute Gasteiger partial charge is 0.341 e. The summed E-state index contributed by atoms with van der Waals surface area (Å²) in [5.74, 6) is -0.372. The number of hydrogen-bond donors (Lipinski definition) is 1. The smallest absolute Gasteiger partial charge is 0.242 e. The fourth-order valence-electron chi connectivity index (χ4n) is 4.19. The van der Waals surface area contributed by atoms with Crippen LogP contribution in [0.15, 0.2) is 47.4 Å². The van der Waals surface area contributed by atoms with E-state index in [9.17, 15) is 18.0 Å². The zero-order valence-electron chi connectivity index (χ0n) is 16.9. The van der Waals surface area contributed by atoms with Gasteiger partial charge in [-0.05, 0) is 55.0 Å². The van der Waals surface area contributed by atoms with Crippen molar-refractivity contribution in [2.75, 3.05) is 26.2 Å². The van der Waals surface area contributed by atoms with E-state index in [1.165, 1.54) is 4.90 Å². The summed E-state index contributed by atoms with van der Waals surface area (Å²) in [6.07, 6.45) is 3.90. The van der Waals surface area contributed by atoms with Gasteiger partial charge in [-0.1, -0.05) is 30.3 Å². The Bertz CT molecular complexity index is 1050. The van der Waals surface area contributed by atoms with Crippen molar-refractivity contribution >= 4 is 32.6 Å². The summed E-state index contributed by atoms with van der Waals surface area (Å²) in [6, 6.07) is 11.6. The molecule has 1 atom stereocenters. The van der Waals surface area contributed by atoms with E-state index in [1.807, 2.05) is 24.3 Å². The Kier molecular flexibility index (Phi) is 6.06. The average molecular weight is 430 g/mol. The Morgan fingerprint density at radius 3 is 2.43 bits per heavy atom. The lowest BCUT2D eigenvalue weighted by molar-refractivity contribution is -0.140. The van der Waals surface area contributed by atoms with Gasteiger partial charge in [0, 0.05) is 19.6 Å². The highest BCUT2D eigenvalue weighted by Crippen LogP contribution is 2.21. The van der Waals surface area contributed by atoms with Crippen LogP contribution in [0.1, 0.15) is 32.1 Å². The van der Waals surface area contributed by atoms with Gasteiger partial charge in [0.15, 0.2) is 0 Å². The second-order valence-corrected chi connectivity index (χ2v) is 9.74. The summed E-state index contributed by atoms with van der Waals surface area (Å²) in [4.78, 5) is 29.0. The van der Waals surface area contributed by atoms with Crippen molar-refractivity contribution in [3.63, 3.8) is 0 Å². The predicted octanol–water partition coefficient (Wildman–Crippen LogP) is 2.12. The Labute approximate surface area is 177 Å². The molecule has 2 heterocycles. The first-order valence-corrected chi connectivity index (χ1v) is 12.0. The molecule has 0 aliphatic carbocycles. The molecule has 2 aromatic rings. The summed E-state index contributed by atoms with van der Waals surface area (Å²) >= 11 is 0. The van der Waals surface area contributed by atoms with Gasteiger partial charge in [0.05, 0.1) is 11.4 Å². The van der Waals surface area contributed by atoms with E-state index in [4.69, 9.17) is 0 Å². The number of hydrogen-bond acceptors (Lipinski definition) is 4. The number of benzene rings is 2.